The summed E-state index contributed by atoms with van der Waals surface area (Å²) in [5.41, 5.74) is 8.92. The van der Waals surface area contributed by atoms with Gasteiger partial charge in [-0.1, -0.05) is 34.8 Å². The molecule has 0 aliphatic carbocycles. The Balaban J connectivity index is 3.07. The molecule has 1 heterocycles. The van der Waals surface area contributed by atoms with Gasteiger partial charge in [0.25, 0.3) is 0 Å². The lowest BCUT2D eigenvalue weighted by atomic mass is 10.1. The summed E-state index contributed by atoms with van der Waals surface area (Å²) in [6.45, 7) is 3.77. The van der Waals surface area contributed by atoms with Crippen LogP contribution in [-0.2, 0) is 0 Å². The number of fused-ring (bicyclic) bond motifs is 1. The molecule has 0 unspecified atom stereocenters. The SMILES string of the molecule is Cc1nc2c(Cl)cc(Cl)c(Cl)c2c(N)c1C. The number of rotatable bonds is 0. The highest BCUT2D eigenvalue weighted by molar-refractivity contribution is 6.48. The molecule has 1 aromatic carbocycles. The molecule has 0 aliphatic heterocycles. The lowest BCUT2D eigenvalue weighted by Crippen LogP contribution is -1.98. The summed E-state index contributed by atoms with van der Waals surface area (Å²) in [7, 11) is 0. The Morgan fingerprint density at radius 1 is 1.12 bits per heavy atom. The van der Waals surface area contributed by atoms with Crippen LogP contribution in [0.1, 0.15) is 11.3 Å². The fourth-order valence-electron chi connectivity index (χ4n) is 1.57. The second-order valence-electron chi connectivity index (χ2n) is 3.61. The summed E-state index contributed by atoms with van der Waals surface area (Å²) in [6, 6.07) is 1.58. The number of anilines is 1. The van der Waals surface area contributed by atoms with E-state index in [1.165, 1.54) is 0 Å². The van der Waals surface area contributed by atoms with Crippen LogP contribution in [0.4, 0.5) is 5.69 Å². The molecule has 0 saturated heterocycles. The van der Waals surface area contributed by atoms with Gasteiger partial charge in [0.05, 0.1) is 20.6 Å². The van der Waals surface area contributed by atoms with E-state index in [4.69, 9.17) is 40.5 Å². The first-order chi connectivity index (χ1) is 7.43. The van der Waals surface area contributed by atoms with Gasteiger partial charge in [-0.3, -0.25) is 4.98 Å². The monoisotopic (exact) mass is 274 g/mol. The highest BCUT2D eigenvalue weighted by Gasteiger charge is 2.15. The van der Waals surface area contributed by atoms with Gasteiger partial charge in [-0.25, -0.2) is 0 Å². The van der Waals surface area contributed by atoms with Crippen LogP contribution in [0.5, 0.6) is 0 Å². The van der Waals surface area contributed by atoms with Gasteiger partial charge in [0.1, 0.15) is 0 Å². The predicted molar refractivity (Wildman–Crippen MR) is 70.7 cm³/mol. The van der Waals surface area contributed by atoms with Crippen LogP contribution in [0, 0.1) is 13.8 Å². The zero-order chi connectivity index (χ0) is 12.0. The molecule has 0 amide bonds. The minimum absolute atomic E-state index is 0.385. The largest absolute Gasteiger partial charge is 0.398 e. The van der Waals surface area contributed by atoms with Crippen LogP contribution in [0.25, 0.3) is 10.9 Å². The van der Waals surface area contributed by atoms with Crippen molar-refractivity contribution in [3.05, 3.63) is 32.4 Å². The van der Waals surface area contributed by atoms with E-state index in [1.54, 1.807) is 6.07 Å². The van der Waals surface area contributed by atoms with Crippen LogP contribution in [0.2, 0.25) is 15.1 Å². The van der Waals surface area contributed by atoms with Crippen LogP contribution >= 0.6 is 34.8 Å². The van der Waals surface area contributed by atoms with Gasteiger partial charge < -0.3 is 5.73 Å². The van der Waals surface area contributed by atoms with Crippen molar-refractivity contribution < 1.29 is 0 Å². The Morgan fingerprint density at radius 3 is 2.38 bits per heavy atom. The van der Waals surface area contributed by atoms with Crippen molar-refractivity contribution in [1.29, 1.82) is 0 Å². The molecular formula is C11H9Cl3N2. The standard InChI is InChI=1S/C11H9Cl3N2/c1-4-5(2)16-11-7(13)3-6(12)9(14)8(11)10(4)15/h3H,1-2H3,(H2,15,16). The summed E-state index contributed by atoms with van der Waals surface area (Å²) >= 11 is 18.1. The molecule has 0 atom stereocenters. The molecule has 0 aliphatic rings. The quantitative estimate of drug-likeness (QED) is 0.724. The van der Waals surface area contributed by atoms with E-state index >= 15 is 0 Å². The third-order valence-electron chi connectivity index (χ3n) is 2.64. The number of nitrogens with two attached hydrogens (primary N) is 1. The fourth-order valence-corrected chi connectivity index (χ4v) is 2.33. The van der Waals surface area contributed by atoms with Crippen LogP contribution in [0.3, 0.4) is 0 Å². The number of halogens is 3. The Bertz CT molecular complexity index is 594. The van der Waals surface area contributed by atoms with Gasteiger partial charge in [0, 0.05) is 16.8 Å². The van der Waals surface area contributed by atoms with E-state index in [1.807, 2.05) is 13.8 Å². The normalized spacial score (nSPS) is 11.1. The minimum atomic E-state index is 0.385. The van der Waals surface area contributed by atoms with Gasteiger partial charge in [-0.15, -0.1) is 0 Å². The third-order valence-corrected chi connectivity index (χ3v) is 3.72. The molecular weight excluding hydrogens is 266 g/mol. The van der Waals surface area contributed by atoms with E-state index in [0.29, 0.717) is 31.7 Å². The molecule has 2 nitrogen and oxygen atoms in total. The lowest BCUT2D eigenvalue weighted by molar-refractivity contribution is 1.20. The molecule has 0 radical (unpaired) electrons. The van der Waals surface area contributed by atoms with E-state index in [-0.39, 0.29) is 0 Å². The summed E-state index contributed by atoms with van der Waals surface area (Å²) in [5.74, 6) is 0. The molecule has 0 saturated carbocycles. The first-order valence-electron chi connectivity index (χ1n) is 4.63. The number of hydrogen-bond donors (Lipinski definition) is 1. The maximum atomic E-state index is 6.12. The van der Waals surface area contributed by atoms with Gasteiger partial charge in [-0.05, 0) is 25.5 Å². The zero-order valence-corrected chi connectivity index (χ0v) is 11.0. The molecule has 16 heavy (non-hydrogen) atoms. The maximum absolute atomic E-state index is 6.12. The highest BCUT2D eigenvalue weighted by atomic mass is 35.5. The van der Waals surface area contributed by atoms with Crippen LogP contribution in [0.15, 0.2) is 6.07 Å². The number of aromatic nitrogens is 1. The van der Waals surface area contributed by atoms with Crippen LogP contribution < -0.4 is 5.73 Å². The molecule has 84 valence electrons. The first-order valence-corrected chi connectivity index (χ1v) is 5.76. The Hall–Kier alpha value is -0.700. The summed E-state index contributed by atoms with van der Waals surface area (Å²) in [6.07, 6.45) is 0. The second kappa shape index (κ2) is 3.95. The van der Waals surface area contributed by atoms with E-state index in [2.05, 4.69) is 4.98 Å². The van der Waals surface area contributed by atoms with Gasteiger partial charge >= 0.3 is 0 Å². The summed E-state index contributed by atoms with van der Waals surface area (Å²) < 4.78 is 0. The fraction of sp³-hybridized carbons (Fsp3) is 0.182. The van der Waals surface area contributed by atoms with E-state index in [0.717, 1.165) is 11.3 Å². The number of nitrogen functional groups attached to an aromatic ring is 1. The number of pyridine rings is 1. The van der Waals surface area contributed by atoms with Gasteiger partial charge in [0.15, 0.2) is 0 Å². The second-order valence-corrected chi connectivity index (χ2v) is 4.81. The number of nitrogens with zero attached hydrogens (tertiary/aromatic N) is 1. The van der Waals surface area contributed by atoms with Crippen molar-refractivity contribution in [3.8, 4) is 0 Å². The highest BCUT2D eigenvalue weighted by Crippen LogP contribution is 2.39. The summed E-state index contributed by atoms with van der Waals surface area (Å²) in [4.78, 5) is 4.38. The van der Waals surface area contributed by atoms with Crippen molar-refractivity contribution in [2.75, 3.05) is 5.73 Å². The van der Waals surface area contributed by atoms with E-state index < -0.39 is 0 Å². The van der Waals surface area contributed by atoms with Gasteiger partial charge in [-0.2, -0.15) is 0 Å². The molecule has 0 spiro atoms. The number of benzene rings is 1. The maximum Gasteiger partial charge on any atom is 0.0928 e. The smallest absolute Gasteiger partial charge is 0.0928 e. The molecule has 5 heteroatoms. The minimum Gasteiger partial charge on any atom is -0.398 e. The van der Waals surface area contributed by atoms with Gasteiger partial charge in [0.2, 0.25) is 0 Å². The summed E-state index contributed by atoms with van der Waals surface area (Å²) in [5, 5.41) is 1.87. The number of aryl methyl sites for hydroxylation is 1. The van der Waals surface area contributed by atoms with E-state index in [9.17, 15) is 0 Å². The molecule has 0 bridgehead atoms. The number of hydrogen-bond acceptors (Lipinski definition) is 2. The van der Waals surface area contributed by atoms with Crippen molar-refractivity contribution in [2.24, 2.45) is 0 Å². The first kappa shape index (κ1) is 11.8. The molecule has 0 fully saturated rings. The topological polar surface area (TPSA) is 38.9 Å². The third kappa shape index (κ3) is 1.61. The predicted octanol–water partition coefficient (Wildman–Crippen LogP) is 4.39. The average Bonchev–Trinajstić information content (AvgIpc) is 2.22. The molecule has 2 N–H and O–H groups in total. The average molecular weight is 276 g/mol. The Kier molecular flexibility index (Phi) is 2.91. The van der Waals surface area contributed by atoms with Crippen molar-refractivity contribution in [2.45, 2.75) is 13.8 Å². The van der Waals surface area contributed by atoms with Crippen molar-refractivity contribution >= 4 is 51.4 Å². The van der Waals surface area contributed by atoms with Crippen molar-refractivity contribution in [1.82, 2.24) is 4.98 Å². The van der Waals surface area contributed by atoms with Crippen molar-refractivity contribution in [3.63, 3.8) is 0 Å². The Morgan fingerprint density at radius 2 is 1.75 bits per heavy atom. The molecule has 1 aromatic heterocycles. The Labute approximate surface area is 108 Å². The zero-order valence-electron chi connectivity index (χ0n) is 8.74. The van der Waals surface area contributed by atoms with Crippen LogP contribution in [-0.4, -0.2) is 4.98 Å². The molecule has 2 rings (SSSR count). The lowest BCUT2D eigenvalue weighted by Gasteiger charge is -2.11. The molecule has 2 aromatic rings.